The molecule has 1 N–H and O–H groups in total. The number of rotatable bonds is 2. The van der Waals surface area contributed by atoms with Crippen LogP contribution in [0.15, 0.2) is 10.9 Å². The quantitative estimate of drug-likeness (QED) is 0.848. The first kappa shape index (κ1) is 13.6. The summed E-state index contributed by atoms with van der Waals surface area (Å²) in [6, 6.07) is 2.29. The van der Waals surface area contributed by atoms with E-state index in [1.54, 1.807) is 0 Å². The average Bonchev–Trinajstić information content (AvgIpc) is 2.80. The molecular weight excluding hydrogens is 322 g/mol. The second kappa shape index (κ2) is 5.20. The normalized spacial score (nSPS) is 23.1. The highest BCUT2D eigenvalue weighted by Crippen LogP contribution is 2.30. The van der Waals surface area contributed by atoms with Crippen molar-refractivity contribution in [1.82, 2.24) is 19.6 Å². The maximum atomic E-state index is 11.6. The number of alkyl halides is 1. The first-order valence-electron chi connectivity index (χ1n) is 6.89. The number of aromatic amines is 1. The van der Waals surface area contributed by atoms with Gasteiger partial charge < -0.3 is 4.90 Å². The Morgan fingerprint density at radius 3 is 2.95 bits per heavy atom. The first-order valence-corrected chi connectivity index (χ1v) is 7.81. The van der Waals surface area contributed by atoms with E-state index in [0.29, 0.717) is 22.3 Å². The molecule has 6 nitrogen and oxygen atoms in total. The van der Waals surface area contributed by atoms with Crippen molar-refractivity contribution in [2.24, 2.45) is 0 Å². The van der Waals surface area contributed by atoms with E-state index in [0.717, 1.165) is 12.2 Å². The Morgan fingerprint density at radius 1 is 1.45 bits per heavy atom. The van der Waals surface area contributed by atoms with E-state index in [2.05, 4.69) is 43.1 Å². The van der Waals surface area contributed by atoms with Crippen molar-refractivity contribution in [2.45, 2.75) is 43.5 Å². The predicted octanol–water partition coefficient (Wildman–Crippen LogP) is 1.87. The van der Waals surface area contributed by atoms with E-state index in [-0.39, 0.29) is 5.69 Å². The highest BCUT2D eigenvalue weighted by molar-refractivity contribution is 9.09. The average molecular weight is 340 g/mol. The lowest BCUT2D eigenvalue weighted by Gasteiger charge is -2.36. The van der Waals surface area contributed by atoms with Crippen LogP contribution in [0.2, 0.25) is 0 Å². The molecule has 1 aliphatic carbocycles. The molecule has 1 aliphatic rings. The number of H-pyrrole nitrogens is 1. The molecule has 1 saturated carbocycles. The van der Waals surface area contributed by atoms with E-state index in [1.165, 1.54) is 23.7 Å². The molecule has 2 unspecified atom stereocenters. The summed E-state index contributed by atoms with van der Waals surface area (Å²) in [4.78, 5) is 18.9. The van der Waals surface area contributed by atoms with Gasteiger partial charge in [0.25, 0.3) is 0 Å². The zero-order valence-corrected chi connectivity index (χ0v) is 13.2. The highest BCUT2D eigenvalue weighted by Gasteiger charge is 2.27. The third kappa shape index (κ3) is 2.24. The molecule has 0 radical (unpaired) electrons. The molecular formula is C13H18BrN5O. The second-order valence-corrected chi connectivity index (χ2v) is 6.54. The second-order valence-electron chi connectivity index (χ2n) is 5.36. The van der Waals surface area contributed by atoms with Gasteiger partial charge in [0.1, 0.15) is 11.6 Å². The minimum Gasteiger partial charge on any atom is -0.355 e. The summed E-state index contributed by atoms with van der Waals surface area (Å²) in [7, 11) is 2.06. The molecule has 0 bridgehead atoms. The van der Waals surface area contributed by atoms with E-state index in [9.17, 15) is 4.79 Å². The number of halogens is 1. The molecule has 0 aromatic carbocycles. The van der Waals surface area contributed by atoms with Crippen molar-refractivity contribution < 1.29 is 0 Å². The molecule has 3 rings (SSSR count). The van der Waals surface area contributed by atoms with Crippen LogP contribution in [0.1, 0.15) is 31.5 Å². The zero-order chi connectivity index (χ0) is 14.3. The van der Waals surface area contributed by atoms with Gasteiger partial charge in [-0.15, -0.1) is 0 Å². The number of hydrogen-bond donors (Lipinski definition) is 1. The summed E-state index contributed by atoms with van der Waals surface area (Å²) >= 11 is 3.78. The Balaban J connectivity index is 1.99. The number of anilines is 1. The van der Waals surface area contributed by atoms with Gasteiger partial charge in [0, 0.05) is 24.0 Å². The molecule has 0 amide bonds. The van der Waals surface area contributed by atoms with Gasteiger partial charge in [-0.3, -0.25) is 0 Å². The van der Waals surface area contributed by atoms with Gasteiger partial charge in [0.05, 0.1) is 0 Å². The molecule has 108 valence electrons. The summed E-state index contributed by atoms with van der Waals surface area (Å²) in [5.74, 6) is 1.52. The largest absolute Gasteiger partial charge is 0.355 e. The third-order valence-corrected chi connectivity index (χ3v) is 5.13. The number of aromatic nitrogens is 4. The standard InChI is InChI=1S/C13H18BrN5O/c1-8-15-11(7-12-16-17-13(20)19(8)12)18(2)10-6-4-3-5-9(10)14/h7,9-10H,3-6H2,1-2H3,(H,17,20). The monoisotopic (exact) mass is 339 g/mol. The highest BCUT2D eigenvalue weighted by atomic mass is 79.9. The molecule has 2 aromatic rings. The maximum absolute atomic E-state index is 11.6. The molecule has 0 saturated heterocycles. The van der Waals surface area contributed by atoms with Crippen LogP contribution in [0.5, 0.6) is 0 Å². The molecule has 0 spiro atoms. The SMILES string of the molecule is Cc1nc(N(C)C2CCCCC2Br)cc2n[nH]c(=O)n12. The number of aryl methyl sites for hydroxylation is 1. The smallest absolute Gasteiger partial charge is 0.349 e. The molecule has 0 aliphatic heterocycles. The van der Waals surface area contributed by atoms with Crippen molar-refractivity contribution in [3.05, 3.63) is 22.4 Å². The number of nitrogens with one attached hydrogen (secondary N) is 1. The molecule has 2 aromatic heterocycles. The minimum atomic E-state index is -0.241. The topological polar surface area (TPSA) is 66.3 Å². The summed E-state index contributed by atoms with van der Waals surface area (Å²) in [5, 5.41) is 6.49. The van der Waals surface area contributed by atoms with Crippen molar-refractivity contribution in [2.75, 3.05) is 11.9 Å². The van der Waals surface area contributed by atoms with E-state index < -0.39 is 0 Å². The molecule has 20 heavy (non-hydrogen) atoms. The fourth-order valence-electron chi connectivity index (χ4n) is 2.94. The Bertz CT molecular complexity index is 679. The van der Waals surface area contributed by atoms with Gasteiger partial charge >= 0.3 is 5.69 Å². The summed E-state index contributed by atoms with van der Waals surface area (Å²) in [6.45, 7) is 1.83. The fourth-order valence-corrected chi connectivity index (χ4v) is 3.88. The van der Waals surface area contributed by atoms with Crippen LogP contribution < -0.4 is 10.6 Å². The lowest BCUT2D eigenvalue weighted by Crippen LogP contribution is -2.41. The van der Waals surface area contributed by atoms with Gasteiger partial charge in [0.2, 0.25) is 0 Å². The minimum absolute atomic E-state index is 0.241. The van der Waals surface area contributed by atoms with Gasteiger partial charge in [-0.25, -0.2) is 19.3 Å². The number of hydrogen-bond acceptors (Lipinski definition) is 4. The third-order valence-electron chi connectivity index (χ3n) is 4.06. The van der Waals surface area contributed by atoms with Gasteiger partial charge in [-0.2, -0.15) is 5.10 Å². The Labute approximate surface area is 125 Å². The zero-order valence-electron chi connectivity index (χ0n) is 11.6. The van der Waals surface area contributed by atoms with Crippen LogP contribution in [0.25, 0.3) is 5.65 Å². The maximum Gasteiger partial charge on any atom is 0.349 e. The summed E-state index contributed by atoms with van der Waals surface area (Å²) < 4.78 is 1.49. The first-order chi connectivity index (χ1) is 9.58. The molecule has 1 fully saturated rings. The lowest BCUT2D eigenvalue weighted by atomic mass is 9.94. The van der Waals surface area contributed by atoms with E-state index in [1.807, 2.05) is 13.0 Å². The van der Waals surface area contributed by atoms with Crippen LogP contribution in [0.3, 0.4) is 0 Å². The van der Waals surface area contributed by atoms with Crippen molar-refractivity contribution in [3.63, 3.8) is 0 Å². The van der Waals surface area contributed by atoms with Gasteiger partial charge in [0.15, 0.2) is 5.65 Å². The Morgan fingerprint density at radius 2 is 2.20 bits per heavy atom. The van der Waals surface area contributed by atoms with Gasteiger partial charge in [-0.1, -0.05) is 28.8 Å². The van der Waals surface area contributed by atoms with Crippen LogP contribution in [0.4, 0.5) is 5.82 Å². The van der Waals surface area contributed by atoms with Crippen molar-refractivity contribution in [1.29, 1.82) is 0 Å². The fraction of sp³-hybridized carbons (Fsp3) is 0.615. The number of nitrogens with zero attached hydrogens (tertiary/aromatic N) is 4. The van der Waals surface area contributed by atoms with Crippen LogP contribution >= 0.6 is 15.9 Å². The van der Waals surface area contributed by atoms with Crippen molar-refractivity contribution in [3.8, 4) is 0 Å². The summed E-state index contributed by atoms with van der Waals surface area (Å²) in [5.41, 5.74) is 0.376. The van der Waals surface area contributed by atoms with Crippen LogP contribution in [0, 0.1) is 6.92 Å². The molecule has 2 atom stereocenters. The molecule has 2 heterocycles. The Kier molecular flexibility index (Phi) is 3.54. The van der Waals surface area contributed by atoms with Crippen LogP contribution in [-0.2, 0) is 0 Å². The summed E-state index contributed by atoms with van der Waals surface area (Å²) in [6.07, 6.45) is 4.88. The van der Waals surface area contributed by atoms with E-state index in [4.69, 9.17) is 0 Å². The van der Waals surface area contributed by atoms with Crippen molar-refractivity contribution >= 4 is 27.4 Å². The van der Waals surface area contributed by atoms with Crippen LogP contribution in [-0.4, -0.2) is 37.5 Å². The number of fused-ring (bicyclic) bond motifs is 1. The predicted molar refractivity (Wildman–Crippen MR) is 81.7 cm³/mol. The molecule has 7 heteroatoms. The van der Waals surface area contributed by atoms with Gasteiger partial charge in [-0.05, 0) is 19.8 Å². The lowest BCUT2D eigenvalue weighted by molar-refractivity contribution is 0.442. The van der Waals surface area contributed by atoms with E-state index >= 15 is 0 Å². The Hall–Kier alpha value is -1.37.